The number of fused-ring (bicyclic) bond motifs is 1. The molecule has 2 rings (SSSR count). The van der Waals surface area contributed by atoms with Crippen LogP contribution in [0.4, 0.5) is 0 Å². The number of benzene rings is 1. The average molecular weight is 298 g/mol. The maximum atomic E-state index is 11.5. The molecule has 0 amide bonds. The van der Waals surface area contributed by atoms with Crippen molar-refractivity contribution in [2.24, 2.45) is 0 Å². The molecule has 5 nitrogen and oxygen atoms in total. The van der Waals surface area contributed by atoms with E-state index in [1.807, 2.05) is 0 Å². The van der Waals surface area contributed by atoms with E-state index in [1.165, 1.54) is 13.2 Å². The third-order valence-corrected chi connectivity index (χ3v) is 3.07. The van der Waals surface area contributed by atoms with Gasteiger partial charge in [-0.05, 0) is 18.2 Å². The van der Waals surface area contributed by atoms with Crippen LogP contribution in [0.15, 0.2) is 27.5 Å². The summed E-state index contributed by atoms with van der Waals surface area (Å²) >= 11 is 3.30. The van der Waals surface area contributed by atoms with Crippen LogP contribution in [0.25, 0.3) is 10.9 Å². The van der Waals surface area contributed by atoms with Gasteiger partial charge >= 0.3 is 5.97 Å². The van der Waals surface area contributed by atoms with Gasteiger partial charge < -0.3 is 14.8 Å². The molecule has 0 radical (unpaired) electrons. The highest BCUT2D eigenvalue weighted by molar-refractivity contribution is 9.10. The lowest BCUT2D eigenvalue weighted by Gasteiger charge is -2.07. The van der Waals surface area contributed by atoms with Crippen LogP contribution < -0.4 is 10.3 Å². The quantitative estimate of drug-likeness (QED) is 0.888. The van der Waals surface area contributed by atoms with Gasteiger partial charge in [-0.1, -0.05) is 15.9 Å². The second kappa shape index (κ2) is 4.21. The molecule has 0 saturated carbocycles. The highest BCUT2D eigenvalue weighted by Crippen LogP contribution is 2.29. The Bertz CT molecular complexity index is 662. The Morgan fingerprint density at radius 2 is 2.18 bits per heavy atom. The summed E-state index contributed by atoms with van der Waals surface area (Å²) in [5.74, 6) is -0.778. The molecular weight excluding hydrogens is 290 g/mol. The first-order chi connectivity index (χ1) is 8.04. The highest BCUT2D eigenvalue weighted by Gasteiger charge is 2.13. The Hall–Kier alpha value is -1.82. The van der Waals surface area contributed by atoms with E-state index in [-0.39, 0.29) is 5.56 Å². The van der Waals surface area contributed by atoms with E-state index in [2.05, 4.69) is 20.9 Å². The van der Waals surface area contributed by atoms with Crippen molar-refractivity contribution in [2.45, 2.75) is 0 Å². The van der Waals surface area contributed by atoms with Gasteiger partial charge in [-0.25, -0.2) is 4.79 Å². The summed E-state index contributed by atoms with van der Waals surface area (Å²) in [5, 5.41) is 9.46. The van der Waals surface area contributed by atoms with Crippen molar-refractivity contribution in [2.75, 3.05) is 7.11 Å². The molecule has 0 bridgehead atoms. The number of pyridine rings is 1. The molecule has 2 aromatic rings. The van der Waals surface area contributed by atoms with E-state index in [9.17, 15) is 9.59 Å². The lowest BCUT2D eigenvalue weighted by Crippen LogP contribution is -2.17. The van der Waals surface area contributed by atoms with E-state index in [1.54, 1.807) is 12.1 Å². The number of H-pyrrole nitrogens is 1. The van der Waals surface area contributed by atoms with Crippen LogP contribution in [0.3, 0.4) is 0 Å². The number of ether oxygens (including phenoxy) is 1. The molecule has 0 saturated heterocycles. The van der Waals surface area contributed by atoms with Gasteiger partial charge in [-0.3, -0.25) is 4.79 Å². The monoisotopic (exact) mass is 297 g/mol. The zero-order chi connectivity index (χ0) is 12.6. The summed E-state index contributed by atoms with van der Waals surface area (Å²) in [4.78, 5) is 24.9. The Balaban J connectivity index is 2.91. The molecule has 0 unspecified atom stereocenters. The molecule has 1 aromatic carbocycles. The number of methoxy groups -OCH3 is 1. The zero-order valence-corrected chi connectivity index (χ0v) is 10.4. The SMILES string of the molecule is COc1ccc(Br)c2cc(C(=O)O)c(=O)[nH]c12. The van der Waals surface area contributed by atoms with Gasteiger partial charge in [-0.2, -0.15) is 0 Å². The van der Waals surface area contributed by atoms with Crippen LogP contribution in [0.1, 0.15) is 10.4 Å². The lowest BCUT2D eigenvalue weighted by molar-refractivity contribution is 0.0695. The van der Waals surface area contributed by atoms with Crippen molar-refractivity contribution < 1.29 is 14.6 Å². The number of aromatic nitrogens is 1. The number of carboxylic acid groups (broad SMARTS) is 1. The molecular formula is C11H8BrNO4. The van der Waals surface area contributed by atoms with E-state index < -0.39 is 11.5 Å². The van der Waals surface area contributed by atoms with Gasteiger partial charge in [-0.15, -0.1) is 0 Å². The fourth-order valence-electron chi connectivity index (χ4n) is 1.56. The first-order valence-corrected chi connectivity index (χ1v) is 5.46. The molecule has 6 heteroatoms. The lowest BCUT2D eigenvalue weighted by atomic mass is 10.1. The Labute approximate surface area is 104 Å². The summed E-state index contributed by atoms with van der Waals surface area (Å²) in [5.41, 5.74) is -0.482. The normalized spacial score (nSPS) is 10.5. The second-order valence-electron chi connectivity index (χ2n) is 3.36. The van der Waals surface area contributed by atoms with Crippen molar-refractivity contribution in [3.8, 4) is 5.75 Å². The van der Waals surface area contributed by atoms with Gasteiger partial charge in [0, 0.05) is 9.86 Å². The fourth-order valence-corrected chi connectivity index (χ4v) is 2.01. The molecule has 0 spiro atoms. The molecule has 2 N–H and O–H groups in total. The van der Waals surface area contributed by atoms with Crippen LogP contribution in [0.5, 0.6) is 5.75 Å². The number of aromatic amines is 1. The number of nitrogens with one attached hydrogen (secondary N) is 1. The number of aromatic carboxylic acids is 1. The van der Waals surface area contributed by atoms with Gasteiger partial charge in [0.25, 0.3) is 5.56 Å². The van der Waals surface area contributed by atoms with E-state index in [0.29, 0.717) is 21.1 Å². The summed E-state index contributed by atoms with van der Waals surface area (Å²) in [6, 6.07) is 4.73. The molecule has 0 aliphatic carbocycles. The van der Waals surface area contributed by atoms with Gasteiger partial charge in [0.2, 0.25) is 0 Å². The maximum absolute atomic E-state index is 11.5. The minimum atomic E-state index is -1.26. The van der Waals surface area contributed by atoms with Crippen LogP contribution in [-0.2, 0) is 0 Å². The minimum absolute atomic E-state index is 0.300. The minimum Gasteiger partial charge on any atom is -0.495 e. The predicted molar refractivity (Wildman–Crippen MR) is 65.8 cm³/mol. The highest BCUT2D eigenvalue weighted by atomic mass is 79.9. The van der Waals surface area contributed by atoms with E-state index in [4.69, 9.17) is 9.84 Å². The van der Waals surface area contributed by atoms with Crippen LogP contribution >= 0.6 is 15.9 Å². The number of hydrogen-bond donors (Lipinski definition) is 2. The smallest absolute Gasteiger partial charge is 0.341 e. The number of hydrogen-bond acceptors (Lipinski definition) is 3. The molecule has 17 heavy (non-hydrogen) atoms. The van der Waals surface area contributed by atoms with Crippen molar-refractivity contribution in [3.63, 3.8) is 0 Å². The largest absolute Gasteiger partial charge is 0.495 e. The van der Waals surface area contributed by atoms with Gasteiger partial charge in [0.05, 0.1) is 12.6 Å². The van der Waals surface area contributed by atoms with Crippen molar-refractivity contribution in [1.82, 2.24) is 4.98 Å². The topological polar surface area (TPSA) is 79.4 Å². The first kappa shape index (κ1) is 11.7. The molecule has 88 valence electrons. The molecule has 0 fully saturated rings. The summed E-state index contributed by atoms with van der Waals surface area (Å²) in [6.45, 7) is 0. The number of rotatable bonds is 2. The first-order valence-electron chi connectivity index (χ1n) is 4.67. The number of carbonyl (C=O) groups is 1. The maximum Gasteiger partial charge on any atom is 0.341 e. The molecule has 0 aliphatic heterocycles. The van der Waals surface area contributed by atoms with Crippen LogP contribution in [-0.4, -0.2) is 23.2 Å². The third kappa shape index (κ3) is 1.91. The molecule has 1 heterocycles. The average Bonchev–Trinajstić information content (AvgIpc) is 2.28. The van der Waals surface area contributed by atoms with Gasteiger partial charge in [0.15, 0.2) is 0 Å². The molecule has 0 atom stereocenters. The van der Waals surface area contributed by atoms with E-state index in [0.717, 1.165) is 0 Å². The van der Waals surface area contributed by atoms with E-state index >= 15 is 0 Å². The Morgan fingerprint density at radius 1 is 1.47 bits per heavy atom. The number of halogens is 1. The Kier molecular flexibility index (Phi) is 2.89. The number of carboxylic acids is 1. The fraction of sp³-hybridized carbons (Fsp3) is 0.0909. The standard InChI is InChI=1S/C11H8BrNO4/c1-17-8-3-2-7(12)5-4-6(11(15)16)10(14)13-9(5)8/h2-4H,1H3,(H,13,14)(H,15,16). The predicted octanol–water partition coefficient (Wildman–Crippen LogP) is 2.00. The van der Waals surface area contributed by atoms with Crippen LogP contribution in [0.2, 0.25) is 0 Å². The molecule has 0 aliphatic rings. The van der Waals surface area contributed by atoms with Crippen molar-refractivity contribution in [1.29, 1.82) is 0 Å². The van der Waals surface area contributed by atoms with Gasteiger partial charge in [0.1, 0.15) is 11.3 Å². The second-order valence-corrected chi connectivity index (χ2v) is 4.21. The summed E-state index contributed by atoms with van der Waals surface area (Å²) < 4.78 is 5.79. The summed E-state index contributed by atoms with van der Waals surface area (Å²) in [6.07, 6.45) is 0. The zero-order valence-electron chi connectivity index (χ0n) is 8.78. The Morgan fingerprint density at radius 3 is 2.76 bits per heavy atom. The van der Waals surface area contributed by atoms with Crippen molar-refractivity contribution in [3.05, 3.63) is 38.6 Å². The van der Waals surface area contributed by atoms with Crippen LogP contribution in [0, 0.1) is 0 Å². The molecule has 1 aromatic heterocycles. The van der Waals surface area contributed by atoms with Crippen molar-refractivity contribution >= 4 is 32.8 Å². The summed E-state index contributed by atoms with van der Waals surface area (Å²) in [7, 11) is 1.48. The third-order valence-electron chi connectivity index (χ3n) is 2.38.